The Hall–Kier alpha value is -2.99. The van der Waals surface area contributed by atoms with Crippen LogP contribution < -0.4 is 5.32 Å². The van der Waals surface area contributed by atoms with Crippen LogP contribution in [0.5, 0.6) is 0 Å². The van der Waals surface area contributed by atoms with E-state index in [1.54, 1.807) is 39.0 Å². The molecule has 0 aromatic heterocycles. The Balaban J connectivity index is 2.54. The maximum absolute atomic E-state index is 13.1. The standard InChI is InChI=1S/C24H25Cl2NO7/c1-5-33-18(28)11-8-12-32-13-17-21(24(30)34-6-2)20(15-9-7-10-16(25)22(15)26)19(14(3)27-17)23(29)31-4/h7,9-10,20,27H,5-6,12-13H2,1-4H3. The number of hydrogen-bond acceptors (Lipinski definition) is 8. The summed E-state index contributed by atoms with van der Waals surface area (Å²) in [4.78, 5) is 37.2. The van der Waals surface area contributed by atoms with Crippen molar-refractivity contribution in [3.05, 3.63) is 56.3 Å². The molecule has 8 nitrogen and oxygen atoms in total. The third-order valence-corrected chi connectivity index (χ3v) is 5.56. The molecule has 10 heteroatoms. The molecule has 2 rings (SSSR count). The highest BCUT2D eigenvalue weighted by Gasteiger charge is 2.40. The molecule has 0 aliphatic carbocycles. The Labute approximate surface area is 208 Å². The number of esters is 3. The quantitative estimate of drug-likeness (QED) is 0.187. The Bertz CT molecular complexity index is 1080. The van der Waals surface area contributed by atoms with E-state index in [1.807, 2.05) is 0 Å². The summed E-state index contributed by atoms with van der Waals surface area (Å²) in [5.41, 5.74) is 1.52. The number of ether oxygens (including phenoxy) is 4. The minimum absolute atomic E-state index is 0.0911. The molecule has 0 saturated carbocycles. The van der Waals surface area contributed by atoms with Gasteiger partial charge in [-0.05, 0) is 32.4 Å². The molecule has 0 bridgehead atoms. The second-order valence-corrected chi connectivity index (χ2v) is 7.64. The van der Waals surface area contributed by atoms with E-state index in [-0.39, 0.29) is 47.6 Å². The fourth-order valence-electron chi connectivity index (χ4n) is 3.37. The van der Waals surface area contributed by atoms with Crippen molar-refractivity contribution < 1.29 is 33.3 Å². The second-order valence-electron chi connectivity index (χ2n) is 6.86. The number of nitrogens with one attached hydrogen (secondary N) is 1. The van der Waals surface area contributed by atoms with E-state index >= 15 is 0 Å². The molecule has 1 atom stereocenters. The molecule has 0 spiro atoms. The zero-order valence-corrected chi connectivity index (χ0v) is 20.8. The summed E-state index contributed by atoms with van der Waals surface area (Å²) in [6, 6.07) is 4.94. The molecule has 182 valence electrons. The number of carbonyl (C=O) groups excluding carboxylic acids is 3. The minimum atomic E-state index is -0.928. The van der Waals surface area contributed by atoms with Crippen LogP contribution in [0.15, 0.2) is 40.7 Å². The van der Waals surface area contributed by atoms with Crippen LogP contribution in [0.2, 0.25) is 10.0 Å². The number of carbonyl (C=O) groups is 3. The molecular weight excluding hydrogens is 485 g/mol. The summed E-state index contributed by atoms with van der Waals surface area (Å²) in [7, 11) is 1.24. The number of methoxy groups -OCH3 is 1. The molecule has 1 aliphatic rings. The lowest BCUT2D eigenvalue weighted by Gasteiger charge is -2.31. The van der Waals surface area contributed by atoms with Gasteiger partial charge < -0.3 is 24.3 Å². The molecule has 0 fully saturated rings. The molecule has 1 aromatic rings. The van der Waals surface area contributed by atoms with Gasteiger partial charge in [-0.15, -0.1) is 0 Å². The average Bonchev–Trinajstić information content (AvgIpc) is 2.80. The zero-order valence-electron chi connectivity index (χ0n) is 19.3. The number of hydrogen-bond donors (Lipinski definition) is 1. The van der Waals surface area contributed by atoms with Crippen molar-refractivity contribution in [2.24, 2.45) is 0 Å². The maximum atomic E-state index is 13.1. The number of benzene rings is 1. The highest BCUT2D eigenvalue weighted by Crippen LogP contribution is 2.43. The lowest BCUT2D eigenvalue weighted by Crippen LogP contribution is -2.34. The normalized spacial score (nSPS) is 15.2. The van der Waals surface area contributed by atoms with Crippen molar-refractivity contribution in [3.8, 4) is 11.8 Å². The van der Waals surface area contributed by atoms with Crippen LogP contribution in [0.1, 0.15) is 32.3 Å². The first kappa shape index (κ1) is 27.3. The van der Waals surface area contributed by atoms with Crippen LogP contribution in [0.3, 0.4) is 0 Å². The predicted octanol–water partition coefficient (Wildman–Crippen LogP) is 3.53. The fraction of sp³-hybridized carbons (Fsp3) is 0.375. The average molecular weight is 510 g/mol. The highest BCUT2D eigenvalue weighted by molar-refractivity contribution is 6.42. The summed E-state index contributed by atoms with van der Waals surface area (Å²) in [6.45, 7) is 5.14. The van der Waals surface area contributed by atoms with Crippen molar-refractivity contribution in [1.29, 1.82) is 0 Å². The lowest BCUT2D eigenvalue weighted by atomic mass is 9.80. The summed E-state index contributed by atoms with van der Waals surface area (Å²) in [6.07, 6.45) is 0. The van der Waals surface area contributed by atoms with Crippen LogP contribution in [0.4, 0.5) is 0 Å². The Morgan fingerprint density at radius 3 is 2.41 bits per heavy atom. The number of rotatable bonds is 8. The van der Waals surface area contributed by atoms with E-state index in [9.17, 15) is 14.4 Å². The van der Waals surface area contributed by atoms with Crippen molar-refractivity contribution in [2.45, 2.75) is 26.7 Å². The smallest absolute Gasteiger partial charge is 0.384 e. The van der Waals surface area contributed by atoms with Crippen molar-refractivity contribution >= 4 is 41.1 Å². The molecule has 1 heterocycles. The van der Waals surface area contributed by atoms with Gasteiger partial charge in [-0.25, -0.2) is 14.4 Å². The van der Waals surface area contributed by atoms with Gasteiger partial charge in [0.2, 0.25) is 0 Å². The van der Waals surface area contributed by atoms with Gasteiger partial charge in [-0.3, -0.25) is 0 Å². The first-order valence-electron chi connectivity index (χ1n) is 10.4. The van der Waals surface area contributed by atoms with E-state index in [4.69, 9.17) is 42.1 Å². The Morgan fingerprint density at radius 2 is 1.76 bits per heavy atom. The highest BCUT2D eigenvalue weighted by atomic mass is 35.5. The van der Waals surface area contributed by atoms with Crippen LogP contribution in [-0.2, 0) is 33.3 Å². The summed E-state index contributed by atoms with van der Waals surface area (Å²) >= 11 is 12.7. The van der Waals surface area contributed by atoms with Crippen LogP contribution in [0, 0.1) is 11.8 Å². The fourth-order valence-corrected chi connectivity index (χ4v) is 3.79. The van der Waals surface area contributed by atoms with Crippen molar-refractivity contribution in [2.75, 3.05) is 33.5 Å². The van der Waals surface area contributed by atoms with E-state index in [0.717, 1.165) is 0 Å². The minimum Gasteiger partial charge on any atom is -0.466 e. The van der Waals surface area contributed by atoms with Gasteiger partial charge in [0.15, 0.2) is 0 Å². The van der Waals surface area contributed by atoms with E-state index in [1.165, 1.54) is 7.11 Å². The van der Waals surface area contributed by atoms with Gasteiger partial charge in [-0.1, -0.05) is 41.3 Å². The molecule has 1 aromatic carbocycles. The van der Waals surface area contributed by atoms with Crippen molar-refractivity contribution in [3.63, 3.8) is 0 Å². The molecule has 0 saturated heterocycles. The van der Waals surface area contributed by atoms with Crippen LogP contribution in [-0.4, -0.2) is 51.4 Å². The van der Waals surface area contributed by atoms with Gasteiger partial charge in [-0.2, -0.15) is 0 Å². The first-order valence-corrected chi connectivity index (χ1v) is 11.2. The van der Waals surface area contributed by atoms with E-state index in [2.05, 4.69) is 17.2 Å². The van der Waals surface area contributed by atoms with Crippen molar-refractivity contribution in [1.82, 2.24) is 5.32 Å². The third kappa shape index (κ3) is 6.54. The van der Waals surface area contributed by atoms with Crippen LogP contribution >= 0.6 is 23.2 Å². The van der Waals surface area contributed by atoms with Crippen LogP contribution in [0.25, 0.3) is 0 Å². The Morgan fingerprint density at radius 1 is 1.06 bits per heavy atom. The molecule has 0 amide bonds. The maximum Gasteiger partial charge on any atom is 0.384 e. The first-order chi connectivity index (χ1) is 16.3. The summed E-state index contributed by atoms with van der Waals surface area (Å²) in [5, 5.41) is 3.49. The molecular formula is C24H25Cl2NO7. The van der Waals surface area contributed by atoms with E-state index < -0.39 is 23.8 Å². The van der Waals surface area contributed by atoms with Gasteiger partial charge in [0.05, 0.1) is 59.7 Å². The molecule has 34 heavy (non-hydrogen) atoms. The molecule has 0 radical (unpaired) electrons. The number of halogens is 2. The molecule has 1 N–H and O–H groups in total. The van der Waals surface area contributed by atoms with Gasteiger partial charge in [0.25, 0.3) is 0 Å². The molecule has 1 aliphatic heterocycles. The zero-order chi connectivity index (χ0) is 25.3. The lowest BCUT2D eigenvalue weighted by molar-refractivity contribution is -0.139. The topological polar surface area (TPSA) is 100 Å². The Kier molecular flexibility index (Phi) is 10.5. The van der Waals surface area contributed by atoms with Gasteiger partial charge in [0.1, 0.15) is 6.61 Å². The number of dihydropyridines is 1. The van der Waals surface area contributed by atoms with E-state index in [0.29, 0.717) is 17.0 Å². The monoisotopic (exact) mass is 509 g/mol. The number of allylic oxidation sites excluding steroid dienone is 1. The SMILES string of the molecule is CCOC(=O)C#CCOCC1=C(C(=O)OCC)C(c2cccc(Cl)c2Cl)C(C(=O)OC)=C(C)N1. The molecule has 1 unspecified atom stereocenters. The van der Waals surface area contributed by atoms with Gasteiger partial charge >= 0.3 is 17.9 Å². The summed E-state index contributed by atoms with van der Waals surface area (Å²) in [5.74, 6) is 1.94. The summed E-state index contributed by atoms with van der Waals surface area (Å²) < 4.78 is 20.6. The van der Waals surface area contributed by atoms with Gasteiger partial charge in [0, 0.05) is 11.6 Å². The third-order valence-electron chi connectivity index (χ3n) is 4.72. The predicted molar refractivity (Wildman–Crippen MR) is 126 cm³/mol. The second kappa shape index (κ2) is 13.0. The largest absolute Gasteiger partial charge is 0.466 e.